The van der Waals surface area contributed by atoms with Crippen LogP contribution in [0.1, 0.15) is 88.5 Å². The lowest BCUT2D eigenvalue weighted by molar-refractivity contribution is -0.438. The molecule has 9 rings (SSSR count). The zero-order valence-corrected chi connectivity index (χ0v) is 42.3. The summed E-state index contributed by atoms with van der Waals surface area (Å²) in [4.78, 5) is 4.88. The van der Waals surface area contributed by atoms with Crippen LogP contribution in [-0.4, -0.2) is 65.7 Å². The number of unbranched alkanes of at least 4 members (excludes halogenated alkanes) is 2. The molecule has 9 nitrogen and oxygen atoms in total. The fourth-order valence-electron chi connectivity index (χ4n) is 11.3. The highest BCUT2D eigenvalue weighted by Crippen LogP contribution is 2.51. The van der Waals surface area contributed by atoms with Gasteiger partial charge in [0.2, 0.25) is 5.69 Å². The van der Waals surface area contributed by atoms with Gasteiger partial charge in [0.1, 0.15) is 6.54 Å². The topological polar surface area (TPSA) is 118 Å². The minimum Gasteiger partial charge on any atom is -0.362 e. The fraction of sp³-hybridized carbons (Fsp3) is 0.305. The van der Waals surface area contributed by atoms with Gasteiger partial charge in [-0.2, -0.15) is 21.4 Å². The first-order chi connectivity index (χ1) is 33.5. The van der Waals surface area contributed by atoms with Crippen molar-refractivity contribution in [2.75, 3.05) is 29.5 Å². The first kappa shape index (κ1) is 48.9. The predicted octanol–water partition coefficient (Wildman–Crippen LogP) is 12.6. The summed E-state index contributed by atoms with van der Waals surface area (Å²) in [5.41, 5.74) is 12.3. The number of allylic oxidation sites excluding steroid dienone is 7. The Morgan fingerprint density at radius 1 is 0.600 bits per heavy atom. The monoisotopic (exact) mass is 974 g/mol. The van der Waals surface area contributed by atoms with E-state index in [1.165, 1.54) is 60.6 Å². The van der Waals surface area contributed by atoms with E-state index in [0.717, 1.165) is 35.6 Å². The molecule has 0 spiro atoms. The molecule has 0 unspecified atom stereocenters. The van der Waals surface area contributed by atoms with Gasteiger partial charge in [0.05, 0.1) is 16.9 Å². The molecule has 0 saturated carbocycles. The summed E-state index contributed by atoms with van der Waals surface area (Å²) in [5.74, 6) is -0.544. The lowest BCUT2D eigenvalue weighted by Crippen LogP contribution is -2.28. The minimum absolute atomic E-state index is 0.272. The fourth-order valence-corrected chi connectivity index (χ4v) is 12.4. The Balaban J connectivity index is 1.18. The summed E-state index contributed by atoms with van der Waals surface area (Å²) in [6, 6.07) is 47.0. The van der Waals surface area contributed by atoms with Gasteiger partial charge < -0.3 is 9.80 Å². The molecular weight excluding hydrogens is 911 g/mol. The number of hydrogen-bond acceptors (Lipinski definition) is 6. The molecular formula is C59H64N3O6S2+. The van der Waals surface area contributed by atoms with Crippen LogP contribution in [0.25, 0.3) is 21.5 Å². The second kappa shape index (κ2) is 19.9. The van der Waals surface area contributed by atoms with Crippen molar-refractivity contribution in [3.05, 3.63) is 203 Å². The molecule has 2 heterocycles. The van der Waals surface area contributed by atoms with E-state index < -0.39 is 20.2 Å². The van der Waals surface area contributed by atoms with Crippen LogP contribution in [0.15, 0.2) is 180 Å². The third kappa shape index (κ3) is 10.4. The van der Waals surface area contributed by atoms with Crippen molar-refractivity contribution in [2.45, 2.75) is 90.1 Å². The summed E-state index contributed by atoms with van der Waals surface area (Å²) in [5, 5.41) is 4.74. The summed E-state index contributed by atoms with van der Waals surface area (Å²) in [6.07, 6.45) is 12.8. The van der Waals surface area contributed by atoms with Crippen LogP contribution in [-0.2, 0) is 44.2 Å². The average Bonchev–Trinajstić information content (AvgIpc) is 3.91. The Bertz CT molecular complexity index is 3290. The van der Waals surface area contributed by atoms with Gasteiger partial charge >= 0.3 is 0 Å². The molecule has 0 atom stereocenters. The van der Waals surface area contributed by atoms with Gasteiger partial charge in [0.15, 0.2) is 5.71 Å². The summed E-state index contributed by atoms with van der Waals surface area (Å²) >= 11 is 0. The van der Waals surface area contributed by atoms with Gasteiger partial charge in [-0.15, -0.1) is 0 Å². The Hall–Kier alpha value is -6.11. The number of nitrogens with zero attached hydrogens (tertiary/aromatic N) is 3. The molecule has 2 aliphatic heterocycles. The first-order valence-electron chi connectivity index (χ1n) is 24.5. The second-order valence-electron chi connectivity index (χ2n) is 20.1. The van der Waals surface area contributed by atoms with E-state index in [2.05, 4.69) is 200 Å². The van der Waals surface area contributed by atoms with Gasteiger partial charge in [-0.25, -0.2) is 0 Å². The number of hydrogen-bond donors (Lipinski definition) is 2. The molecule has 0 bridgehead atoms. The Kier molecular flexibility index (Phi) is 13.9. The highest BCUT2D eigenvalue weighted by atomic mass is 32.2. The molecule has 11 heteroatoms. The van der Waals surface area contributed by atoms with Crippen molar-refractivity contribution in [2.24, 2.45) is 0 Å². The van der Waals surface area contributed by atoms with Crippen molar-refractivity contribution in [3.8, 4) is 0 Å². The predicted molar refractivity (Wildman–Crippen MR) is 286 cm³/mol. The standard InChI is InChI=1S/C59H63N3O6S2/c1-58(2)53(61(37-15-17-39-69(63,64)65)51-33-29-45-23-11-13-25-49(45)55(51)58)35-31-47-27-28-48(57(47)60(41-43-19-7-5-8-20-43)42-44-21-9-6-10-22-44)32-36-54-59(3,4)56-50-26-14-12-24-46(50)30-34-52(56)62(54)38-16-18-40-70(66,67)68/h5-14,19-26,29-36H,15-18,27-28,37-42H2,1-4H3,(H-,63,64,65,66,67,68)/p+1. The lowest BCUT2D eigenvalue weighted by Gasteiger charge is -2.29. The SMILES string of the molecule is CC1(C)C(/C=C/C2=C(N(Cc3ccccc3)Cc3ccccc3)C(=C/C=C3/N(CCCCS(=O)(=O)O)c4ccc5ccccc5c4C3(C)C)/CC2)=[N+](CCCCS(=O)(=O)O)c2ccc3ccccc3c21. The zero-order valence-electron chi connectivity index (χ0n) is 40.7. The molecule has 6 aromatic carbocycles. The van der Waals surface area contributed by atoms with Crippen LogP contribution >= 0.6 is 0 Å². The zero-order chi connectivity index (χ0) is 49.3. The molecule has 3 aliphatic rings. The molecule has 1 aliphatic carbocycles. The van der Waals surface area contributed by atoms with Gasteiger partial charge in [0.25, 0.3) is 20.2 Å². The third-order valence-corrected chi connectivity index (χ3v) is 16.1. The normalized spacial score (nSPS) is 17.8. The van der Waals surface area contributed by atoms with E-state index >= 15 is 0 Å². The summed E-state index contributed by atoms with van der Waals surface area (Å²) < 4.78 is 68.6. The maximum Gasteiger partial charge on any atom is 0.264 e. The van der Waals surface area contributed by atoms with Gasteiger partial charge in [-0.05, 0) is 114 Å². The molecule has 0 fully saturated rings. The smallest absolute Gasteiger partial charge is 0.264 e. The van der Waals surface area contributed by atoms with Gasteiger partial charge in [-0.3, -0.25) is 9.11 Å². The van der Waals surface area contributed by atoms with E-state index in [1.807, 2.05) is 0 Å². The highest BCUT2D eigenvalue weighted by molar-refractivity contribution is 7.86. The lowest BCUT2D eigenvalue weighted by atomic mass is 9.79. The van der Waals surface area contributed by atoms with Crippen LogP contribution in [0.5, 0.6) is 0 Å². The van der Waals surface area contributed by atoms with E-state index in [9.17, 15) is 25.9 Å². The van der Waals surface area contributed by atoms with Crippen LogP contribution in [0, 0.1) is 0 Å². The quantitative estimate of drug-likeness (QED) is 0.0497. The maximum atomic E-state index is 11.8. The molecule has 0 amide bonds. The van der Waals surface area contributed by atoms with Crippen molar-refractivity contribution < 1.29 is 30.5 Å². The third-order valence-electron chi connectivity index (χ3n) is 14.5. The first-order valence-corrected chi connectivity index (χ1v) is 27.7. The number of anilines is 1. The molecule has 362 valence electrons. The van der Waals surface area contributed by atoms with Crippen molar-refractivity contribution in [1.29, 1.82) is 0 Å². The molecule has 0 radical (unpaired) electrons. The summed E-state index contributed by atoms with van der Waals surface area (Å²) in [7, 11) is -8.15. The molecule has 0 saturated heterocycles. The van der Waals surface area contributed by atoms with Gasteiger partial charge in [0, 0.05) is 66.3 Å². The number of fused-ring (bicyclic) bond motifs is 6. The van der Waals surface area contributed by atoms with Crippen LogP contribution in [0.2, 0.25) is 0 Å². The second-order valence-corrected chi connectivity index (χ2v) is 23.2. The Labute approximate surface area is 414 Å². The summed E-state index contributed by atoms with van der Waals surface area (Å²) in [6.45, 7) is 11.7. The van der Waals surface area contributed by atoms with Crippen molar-refractivity contribution in [1.82, 2.24) is 4.90 Å². The highest BCUT2D eigenvalue weighted by Gasteiger charge is 2.46. The van der Waals surface area contributed by atoms with E-state index in [0.29, 0.717) is 51.9 Å². The van der Waals surface area contributed by atoms with Crippen LogP contribution in [0.3, 0.4) is 0 Å². The van der Waals surface area contributed by atoms with Crippen molar-refractivity contribution in [3.63, 3.8) is 0 Å². The Morgan fingerprint density at radius 2 is 1.16 bits per heavy atom. The average molecular weight is 975 g/mol. The molecule has 0 aromatic heterocycles. The van der Waals surface area contributed by atoms with Gasteiger partial charge in [-0.1, -0.05) is 141 Å². The largest absolute Gasteiger partial charge is 0.362 e. The van der Waals surface area contributed by atoms with E-state index in [-0.39, 0.29) is 22.3 Å². The number of benzene rings is 6. The molecule has 6 aromatic rings. The molecule has 70 heavy (non-hydrogen) atoms. The number of rotatable bonds is 18. The van der Waals surface area contributed by atoms with Crippen LogP contribution < -0.4 is 4.90 Å². The van der Waals surface area contributed by atoms with E-state index in [1.54, 1.807) is 0 Å². The van der Waals surface area contributed by atoms with E-state index in [4.69, 9.17) is 0 Å². The molecule has 2 N–H and O–H groups in total. The van der Waals surface area contributed by atoms with Crippen molar-refractivity contribution >= 4 is 58.9 Å². The Morgan fingerprint density at radius 3 is 1.77 bits per heavy atom. The maximum absolute atomic E-state index is 11.8. The van der Waals surface area contributed by atoms with Crippen LogP contribution in [0.4, 0.5) is 11.4 Å². The minimum atomic E-state index is -4.08.